The summed E-state index contributed by atoms with van der Waals surface area (Å²) in [5.74, 6) is 1.23. The highest BCUT2D eigenvalue weighted by Crippen LogP contribution is 2.01. The Kier molecular flexibility index (Phi) is 7.01. The lowest BCUT2D eigenvalue weighted by molar-refractivity contribution is 0.296. The highest BCUT2D eigenvalue weighted by atomic mass is 79.9. The van der Waals surface area contributed by atoms with Crippen molar-refractivity contribution in [1.29, 1.82) is 0 Å². The first-order valence-corrected chi connectivity index (χ1v) is 5.99. The Morgan fingerprint density at radius 2 is 2.20 bits per heavy atom. The molecule has 0 aliphatic heterocycles. The molecule has 0 heterocycles. The molecule has 0 saturated carbocycles. The second-order valence-corrected chi connectivity index (χ2v) is 4.11. The molecule has 0 fully saturated rings. The summed E-state index contributed by atoms with van der Waals surface area (Å²) in [6.07, 6.45) is 2.15. The van der Waals surface area contributed by atoms with Gasteiger partial charge in [0.05, 0.1) is 0 Å². The predicted molar refractivity (Wildman–Crippen MR) is 54.3 cm³/mol. The smallest absolute Gasteiger partial charge is 0.0185 e. The van der Waals surface area contributed by atoms with Gasteiger partial charge < -0.3 is 4.90 Å². The summed E-state index contributed by atoms with van der Waals surface area (Å²) in [7, 11) is 2.17. The fourth-order valence-corrected chi connectivity index (χ4v) is 1.54. The van der Waals surface area contributed by atoms with E-state index in [1.54, 1.807) is 0 Å². The topological polar surface area (TPSA) is 3.24 Å². The van der Waals surface area contributed by atoms with Crippen LogP contribution in [0.2, 0.25) is 0 Å². The van der Waals surface area contributed by atoms with Gasteiger partial charge in [-0.25, -0.2) is 0 Å². The molecule has 10 heavy (non-hydrogen) atoms. The zero-order chi connectivity index (χ0) is 7.98. The van der Waals surface area contributed by atoms with Gasteiger partial charge in [-0.05, 0) is 20.2 Å². The van der Waals surface area contributed by atoms with Crippen molar-refractivity contribution < 1.29 is 0 Å². The third-order valence-electron chi connectivity index (χ3n) is 1.62. The maximum absolute atomic E-state index is 3.46. The minimum absolute atomic E-state index is 0.659. The van der Waals surface area contributed by atoms with E-state index in [2.05, 4.69) is 41.1 Å². The van der Waals surface area contributed by atoms with Crippen LogP contribution in [-0.4, -0.2) is 41.9 Å². The molecular weight excluding hydrogens is 210 g/mol. The van der Waals surface area contributed by atoms with E-state index >= 15 is 0 Å². The minimum atomic E-state index is 0.659. The van der Waals surface area contributed by atoms with E-state index in [0.717, 1.165) is 5.33 Å². The van der Waals surface area contributed by atoms with Crippen LogP contribution >= 0.6 is 27.7 Å². The number of rotatable bonds is 5. The van der Waals surface area contributed by atoms with Crippen LogP contribution in [0.25, 0.3) is 0 Å². The molecule has 0 spiro atoms. The fourth-order valence-electron chi connectivity index (χ4n) is 0.573. The molecule has 0 saturated heterocycles. The Balaban J connectivity index is 3.31. The molecule has 0 aliphatic carbocycles. The van der Waals surface area contributed by atoms with Gasteiger partial charge in [0.15, 0.2) is 0 Å². The second-order valence-electron chi connectivity index (χ2n) is 2.48. The lowest BCUT2D eigenvalue weighted by Crippen LogP contribution is -2.32. The summed E-state index contributed by atoms with van der Waals surface area (Å²) >= 11 is 5.36. The van der Waals surface area contributed by atoms with Crippen LogP contribution in [0.3, 0.4) is 0 Å². The molecule has 1 nitrogen and oxygen atoms in total. The molecule has 0 N–H and O–H groups in total. The van der Waals surface area contributed by atoms with Gasteiger partial charge in [-0.3, -0.25) is 0 Å². The van der Waals surface area contributed by atoms with E-state index in [9.17, 15) is 0 Å². The molecule has 0 rings (SSSR count). The second kappa shape index (κ2) is 6.50. The first-order valence-electron chi connectivity index (χ1n) is 3.47. The SMILES string of the molecule is CSCCN(C)C(C)CBr. The predicted octanol–water partition coefficient (Wildman–Crippen LogP) is 2.06. The van der Waals surface area contributed by atoms with Crippen LogP contribution in [0.4, 0.5) is 0 Å². The van der Waals surface area contributed by atoms with Gasteiger partial charge in [0, 0.05) is 23.7 Å². The van der Waals surface area contributed by atoms with Crippen LogP contribution in [0.5, 0.6) is 0 Å². The van der Waals surface area contributed by atoms with Crippen molar-refractivity contribution in [2.75, 3.05) is 30.9 Å². The zero-order valence-electron chi connectivity index (χ0n) is 6.93. The van der Waals surface area contributed by atoms with Crippen molar-refractivity contribution >= 4 is 27.7 Å². The molecule has 1 atom stereocenters. The Labute approximate surface area is 76.7 Å². The Bertz CT molecular complexity index is 80.0. The van der Waals surface area contributed by atoms with E-state index in [0.29, 0.717) is 6.04 Å². The van der Waals surface area contributed by atoms with Crippen molar-refractivity contribution in [3.05, 3.63) is 0 Å². The number of halogens is 1. The minimum Gasteiger partial charge on any atom is -0.302 e. The van der Waals surface area contributed by atoms with Crippen molar-refractivity contribution in [2.45, 2.75) is 13.0 Å². The van der Waals surface area contributed by atoms with Gasteiger partial charge in [0.2, 0.25) is 0 Å². The summed E-state index contributed by atoms with van der Waals surface area (Å²) in [5.41, 5.74) is 0. The lowest BCUT2D eigenvalue weighted by atomic mass is 10.3. The van der Waals surface area contributed by atoms with Gasteiger partial charge >= 0.3 is 0 Å². The normalized spacial score (nSPS) is 14.1. The Morgan fingerprint density at radius 1 is 1.60 bits per heavy atom. The quantitative estimate of drug-likeness (QED) is 0.660. The molecule has 0 aromatic rings. The maximum atomic E-state index is 3.46. The summed E-state index contributed by atoms with van der Waals surface area (Å²) in [5, 5.41) is 1.07. The fraction of sp³-hybridized carbons (Fsp3) is 1.00. The van der Waals surface area contributed by atoms with E-state index in [4.69, 9.17) is 0 Å². The summed E-state index contributed by atoms with van der Waals surface area (Å²) in [4.78, 5) is 2.37. The van der Waals surface area contributed by atoms with Crippen molar-refractivity contribution in [3.63, 3.8) is 0 Å². The standard InChI is InChI=1S/C7H16BrNS/c1-7(6-8)9(2)4-5-10-3/h7H,4-6H2,1-3H3. The van der Waals surface area contributed by atoms with E-state index in [1.807, 2.05) is 11.8 Å². The molecule has 0 aromatic carbocycles. The monoisotopic (exact) mass is 225 g/mol. The molecule has 1 unspecified atom stereocenters. The summed E-state index contributed by atoms with van der Waals surface area (Å²) in [6.45, 7) is 3.42. The summed E-state index contributed by atoms with van der Waals surface area (Å²) < 4.78 is 0. The first kappa shape index (κ1) is 10.8. The van der Waals surface area contributed by atoms with Crippen LogP contribution in [0, 0.1) is 0 Å². The van der Waals surface area contributed by atoms with Gasteiger partial charge in [0.25, 0.3) is 0 Å². The third kappa shape index (κ3) is 4.58. The van der Waals surface area contributed by atoms with E-state index in [1.165, 1.54) is 12.3 Å². The third-order valence-corrected chi connectivity index (χ3v) is 3.15. The molecule has 0 bridgehead atoms. The average molecular weight is 226 g/mol. The molecule has 0 aromatic heterocycles. The molecule has 3 heteroatoms. The highest BCUT2D eigenvalue weighted by Gasteiger charge is 2.04. The Hall–Kier alpha value is 0.790. The van der Waals surface area contributed by atoms with Crippen LogP contribution in [0.1, 0.15) is 6.92 Å². The zero-order valence-corrected chi connectivity index (χ0v) is 9.33. The van der Waals surface area contributed by atoms with Crippen molar-refractivity contribution in [2.24, 2.45) is 0 Å². The first-order chi connectivity index (χ1) is 4.72. The van der Waals surface area contributed by atoms with E-state index in [-0.39, 0.29) is 0 Å². The largest absolute Gasteiger partial charge is 0.302 e. The van der Waals surface area contributed by atoms with Crippen molar-refractivity contribution in [1.82, 2.24) is 4.90 Å². The maximum Gasteiger partial charge on any atom is 0.0185 e. The average Bonchev–Trinajstić information content (AvgIpc) is 1.98. The van der Waals surface area contributed by atoms with Gasteiger partial charge in [-0.1, -0.05) is 15.9 Å². The van der Waals surface area contributed by atoms with Crippen LogP contribution < -0.4 is 0 Å². The van der Waals surface area contributed by atoms with E-state index < -0.39 is 0 Å². The molecule has 0 aliphatic rings. The molecule has 62 valence electrons. The number of hydrogen-bond donors (Lipinski definition) is 0. The Morgan fingerprint density at radius 3 is 2.60 bits per heavy atom. The summed E-state index contributed by atoms with van der Waals surface area (Å²) in [6, 6.07) is 0.659. The number of alkyl halides is 1. The van der Waals surface area contributed by atoms with Gasteiger partial charge in [0.1, 0.15) is 0 Å². The molecule has 0 radical (unpaired) electrons. The molecule has 0 amide bonds. The number of hydrogen-bond acceptors (Lipinski definition) is 2. The lowest BCUT2D eigenvalue weighted by Gasteiger charge is -2.21. The van der Waals surface area contributed by atoms with Crippen LogP contribution in [0.15, 0.2) is 0 Å². The van der Waals surface area contributed by atoms with Crippen molar-refractivity contribution in [3.8, 4) is 0 Å². The highest BCUT2D eigenvalue weighted by molar-refractivity contribution is 9.09. The van der Waals surface area contributed by atoms with Gasteiger partial charge in [-0.15, -0.1) is 0 Å². The number of nitrogens with zero attached hydrogens (tertiary/aromatic N) is 1. The van der Waals surface area contributed by atoms with Crippen LogP contribution in [-0.2, 0) is 0 Å². The van der Waals surface area contributed by atoms with Gasteiger partial charge in [-0.2, -0.15) is 11.8 Å². The number of thioether (sulfide) groups is 1. The molecular formula is C7H16BrNS.